The van der Waals surface area contributed by atoms with Crippen molar-refractivity contribution in [2.45, 2.75) is 38.6 Å². The van der Waals surface area contributed by atoms with Crippen LogP contribution < -0.4 is 5.73 Å². The summed E-state index contributed by atoms with van der Waals surface area (Å²) in [6.07, 6.45) is 5.54. The van der Waals surface area contributed by atoms with Gasteiger partial charge in [0, 0.05) is 19.1 Å². The standard InChI is InChI=1S/C11H22N2/c1-9-5-6-13(7-9)8-11(12)10-3-2-4-10/h9-11H,2-8,12H2,1H3. The summed E-state index contributed by atoms with van der Waals surface area (Å²) < 4.78 is 0. The fourth-order valence-electron chi connectivity index (χ4n) is 2.51. The van der Waals surface area contributed by atoms with Crippen molar-refractivity contribution in [3.8, 4) is 0 Å². The molecule has 1 saturated heterocycles. The van der Waals surface area contributed by atoms with Crippen molar-refractivity contribution in [1.82, 2.24) is 4.90 Å². The summed E-state index contributed by atoms with van der Waals surface area (Å²) >= 11 is 0. The maximum absolute atomic E-state index is 6.16. The van der Waals surface area contributed by atoms with Crippen molar-refractivity contribution in [2.24, 2.45) is 17.6 Å². The number of rotatable bonds is 3. The smallest absolute Gasteiger partial charge is 0.0196 e. The van der Waals surface area contributed by atoms with Crippen LogP contribution in [-0.4, -0.2) is 30.6 Å². The molecule has 0 aromatic rings. The molecule has 0 bridgehead atoms. The van der Waals surface area contributed by atoms with Crippen LogP contribution in [0.3, 0.4) is 0 Å². The molecule has 0 amide bonds. The molecule has 1 heterocycles. The fraction of sp³-hybridized carbons (Fsp3) is 1.00. The third kappa shape index (κ3) is 2.23. The monoisotopic (exact) mass is 182 g/mol. The molecule has 2 aliphatic rings. The Morgan fingerprint density at radius 2 is 2.15 bits per heavy atom. The van der Waals surface area contributed by atoms with Crippen LogP contribution in [0.2, 0.25) is 0 Å². The zero-order valence-electron chi connectivity index (χ0n) is 8.71. The van der Waals surface area contributed by atoms with E-state index in [1.54, 1.807) is 0 Å². The highest BCUT2D eigenvalue weighted by Gasteiger charge is 2.27. The van der Waals surface area contributed by atoms with Gasteiger partial charge >= 0.3 is 0 Å². The predicted molar refractivity (Wildman–Crippen MR) is 55.5 cm³/mol. The Kier molecular flexibility index (Phi) is 2.89. The summed E-state index contributed by atoms with van der Waals surface area (Å²) in [6.45, 7) is 6.05. The summed E-state index contributed by atoms with van der Waals surface area (Å²) in [5, 5.41) is 0. The molecule has 2 N–H and O–H groups in total. The first-order valence-electron chi connectivity index (χ1n) is 5.73. The maximum Gasteiger partial charge on any atom is 0.0196 e. The van der Waals surface area contributed by atoms with Crippen LogP contribution in [0, 0.1) is 11.8 Å². The van der Waals surface area contributed by atoms with Gasteiger partial charge in [-0.1, -0.05) is 13.3 Å². The van der Waals surface area contributed by atoms with Crippen LogP contribution in [0.1, 0.15) is 32.6 Å². The van der Waals surface area contributed by atoms with E-state index in [1.165, 1.54) is 38.8 Å². The van der Waals surface area contributed by atoms with Gasteiger partial charge in [-0.3, -0.25) is 0 Å². The van der Waals surface area contributed by atoms with Crippen molar-refractivity contribution < 1.29 is 0 Å². The van der Waals surface area contributed by atoms with Crippen molar-refractivity contribution >= 4 is 0 Å². The molecule has 2 nitrogen and oxygen atoms in total. The van der Waals surface area contributed by atoms with Gasteiger partial charge in [-0.2, -0.15) is 0 Å². The van der Waals surface area contributed by atoms with E-state index in [1.807, 2.05) is 0 Å². The molecule has 2 fully saturated rings. The van der Waals surface area contributed by atoms with Gasteiger partial charge in [0.05, 0.1) is 0 Å². The highest BCUT2D eigenvalue weighted by Crippen LogP contribution is 2.29. The van der Waals surface area contributed by atoms with Gasteiger partial charge in [-0.05, 0) is 37.6 Å². The number of nitrogens with zero attached hydrogens (tertiary/aromatic N) is 1. The van der Waals surface area contributed by atoms with Gasteiger partial charge < -0.3 is 10.6 Å². The minimum absolute atomic E-state index is 0.457. The van der Waals surface area contributed by atoms with Gasteiger partial charge in [-0.15, -0.1) is 0 Å². The third-order valence-electron chi connectivity index (χ3n) is 3.73. The zero-order chi connectivity index (χ0) is 9.26. The lowest BCUT2D eigenvalue weighted by Crippen LogP contribution is -2.43. The Balaban J connectivity index is 1.71. The van der Waals surface area contributed by atoms with Crippen molar-refractivity contribution in [2.75, 3.05) is 19.6 Å². The summed E-state index contributed by atoms with van der Waals surface area (Å²) in [7, 11) is 0. The van der Waals surface area contributed by atoms with Gasteiger partial charge in [0.15, 0.2) is 0 Å². The molecule has 1 saturated carbocycles. The molecule has 0 spiro atoms. The first kappa shape index (κ1) is 9.47. The molecule has 0 aromatic carbocycles. The van der Waals surface area contributed by atoms with Crippen LogP contribution in [0.25, 0.3) is 0 Å². The van der Waals surface area contributed by atoms with Crippen LogP contribution in [0.5, 0.6) is 0 Å². The van der Waals surface area contributed by atoms with E-state index in [2.05, 4.69) is 11.8 Å². The lowest BCUT2D eigenvalue weighted by molar-refractivity contribution is 0.204. The number of likely N-dealkylation sites (tertiary alicyclic amines) is 1. The summed E-state index contributed by atoms with van der Waals surface area (Å²) in [5.41, 5.74) is 6.16. The minimum Gasteiger partial charge on any atom is -0.326 e. The molecule has 76 valence electrons. The molecule has 1 aliphatic carbocycles. The fourth-order valence-corrected chi connectivity index (χ4v) is 2.51. The van der Waals surface area contributed by atoms with E-state index in [0.29, 0.717) is 6.04 Å². The quantitative estimate of drug-likeness (QED) is 0.716. The lowest BCUT2D eigenvalue weighted by atomic mass is 9.80. The van der Waals surface area contributed by atoms with Gasteiger partial charge in [0.1, 0.15) is 0 Å². The van der Waals surface area contributed by atoms with Crippen LogP contribution in [0.15, 0.2) is 0 Å². The third-order valence-corrected chi connectivity index (χ3v) is 3.73. The topological polar surface area (TPSA) is 29.3 Å². The lowest BCUT2D eigenvalue weighted by Gasteiger charge is -2.33. The molecule has 1 aliphatic heterocycles. The Morgan fingerprint density at radius 1 is 1.38 bits per heavy atom. The highest BCUT2D eigenvalue weighted by molar-refractivity contribution is 4.84. The summed E-state index contributed by atoms with van der Waals surface area (Å²) in [4.78, 5) is 2.55. The van der Waals surface area contributed by atoms with Crippen LogP contribution in [0.4, 0.5) is 0 Å². The first-order valence-corrected chi connectivity index (χ1v) is 5.73. The van der Waals surface area contributed by atoms with Crippen molar-refractivity contribution in [1.29, 1.82) is 0 Å². The van der Waals surface area contributed by atoms with E-state index in [9.17, 15) is 0 Å². The highest BCUT2D eigenvalue weighted by atomic mass is 15.2. The van der Waals surface area contributed by atoms with Crippen molar-refractivity contribution in [3.05, 3.63) is 0 Å². The van der Waals surface area contributed by atoms with E-state index >= 15 is 0 Å². The average Bonchev–Trinajstić information content (AvgIpc) is 2.31. The molecule has 2 unspecified atom stereocenters. The molecule has 0 radical (unpaired) electrons. The van der Waals surface area contributed by atoms with E-state index < -0.39 is 0 Å². The minimum atomic E-state index is 0.457. The second kappa shape index (κ2) is 3.97. The Morgan fingerprint density at radius 3 is 2.62 bits per heavy atom. The van der Waals surface area contributed by atoms with Gasteiger partial charge in [-0.25, -0.2) is 0 Å². The molecular weight excluding hydrogens is 160 g/mol. The molecule has 13 heavy (non-hydrogen) atoms. The van der Waals surface area contributed by atoms with E-state index in [4.69, 9.17) is 5.73 Å². The number of hydrogen-bond acceptors (Lipinski definition) is 2. The second-order valence-electron chi connectivity index (χ2n) is 5.01. The van der Waals surface area contributed by atoms with Crippen molar-refractivity contribution in [3.63, 3.8) is 0 Å². The molecule has 2 heteroatoms. The largest absolute Gasteiger partial charge is 0.326 e. The molecule has 2 atom stereocenters. The first-order chi connectivity index (χ1) is 6.25. The Bertz CT molecular complexity index is 165. The van der Waals surface area contributed by atoms with E-state index in [-0.39, 0.29) is 0 Å². The summed E-state index contributed by atoms with van der Waals surface area (Å²) in [5.74, 6) is 1.74. The van der Waals surface area contributed by atoms with E-state index in [0.717, 1.165) is 18.4 Å². The number of nitrogens with two attached hydrogens (primary N) is 1. The molecular formula is C11H22N2. The normalized spacial score (nSPS) is 33.2. The average molecular weight is 182 g/mol. The SMILES string of the molecule is CC1CCN(CC(N)C2CCC2)C1. The second-order valence-corrected chi connectivity index (χ2v) is 5.01. The van der Waals surface area contributed by atoms with Gasteiger partial charge in [0.25, 0.3) is 0 Å². The Labute approximate surface area is 81.5 Å². The molecule has 2 rings (SSSR count). The van der Waals surface area contributed by atoms with Crippen LogP contribution in [-0.2, 0) is 0 Å². The van der Waals surface area contributed by atoms with Crippen LogP contribution >= 0.6 is 0 Å². The van der Waals surface area contributed by atoms with Gasteiger partial charge in [0.2, 0.25) is 0 Å². The summed E-state index contributed by atoms with van der Waals surface area (Å²) in [6, 6.07) is 0.457. The number of hydrogen-bond donors (Lipinski definition) is 1. The zero-order valence-corrected chi connectivity index (χ0v) is 8.71. The molecule has 0 aromatic heterocycles. The predicted octanol–water partition coefficient (Wildman–Crippen LogP) is 1.46. The Hall–Kier alpha value is -0.0800. The maximum atomic E-state index is 6.16.